The van der Waals surface area contributed by atoms with E-state index in [0.717, 1.165) is 25.7 Å². The Kier molecular flexibility index (Phi) is 5.57. The lowest BCUT2D eigenvalue weighted by atomic mass is 10.0. The highest BCUT2D eigenvalue weighted by atomic mass is 15.3. The molecule has 2 fully saturated rings. The molecule has 0 amide bonds. The van der Waals surface area contributed by atoms with E-state index in [1.54, 1.807) is 0 Å². The Bertz CT molecular complexity index is 684. The number of piperidine rings is 1. The number of anilines is 1. The molecule has 0 N–H and O–H groups in total. The van der Waals surface area contributed by atoms with Crippen LogP contribution in [0.2, 0.25) is 0 Å². The van der Waals surface area contributed by atoms with Crippen LogP contribution in [0.1, 0.15) is 24.0 Å². The van der Waals surface area contributed by atoms with Crippen molar-refractivity contribution in [2.75, 3.05) is 44.2 Å². The van der Waals surface area contributed by atoms with Gasteiger partial charge in [-0.1, -0.05) is 48.5 Å². The molecule has 2 aliphatic heterocycles. The molecule has 2 saturated heterocycles. The Morgan fingerprint density at radius 1 is 0.769 bits per heavy atom. The molecule has 3 heteroatoms. The third kappa shape index (κ3) is 4.11. The first-order valence-corrected chi connectivity index (χ1v) is 10.1. The van der Waals surface area contributed by atoms with E-state index >= 15 is 0 Å². The van der Waals surface area contributed by atoms with Gasteiger partial charge in [-0.2, -0.15) is 0 Å². The first-order valence-electron chi connectivity index (χ1n) is 10.1. The fourth-order valence-electron chi connectivity index (χ4n) is 4.53. The summed E-state index contributed by atoms with van der Waals surface area (Å²) in [5, 5.41) is 0. The quantitative estimate of drug-likeness (QED) is 0.832. The molecular weight excluding hydrogens is 318 g/mol. The summed E-state index contributed by atoms with van der Waals surface area (Å²) in [7, 11) is 0. The van der Waals surface area contributed by atoms with Crippen molar-refractivity contribution in [3.8, 4) is 0 Å². The smallest absolute Gasteiger partial charge is 0.0396 e. The van der Waals surface area contributed by atoms with Crippen LogP contribution in [0.4, 0.5) is 5.69 Å². The number of rotatable bonds is 4. The number of piperazine rings is 1. The fraction of sp³-hybridized carbons (Fsp3) is 0.478. The van der Waals surface area contributed by atoms with E-state index in [2.05, 4.69) is 76.2 Å². The van der Waals surface area contributed by atoms with Gasteiger partial charge in [0.1, 0.15) is 0 Å². The van der Waals surface area contributed by atoms with Gasteiger partial charge in [0.05, 0.1) is 0 Å². The van der Waals surface area contributed by atoms with Crippen LogP contribution in [-0.2, 0) is 6.54 Å². The average molecular weight is 350 g/mol. The fourth-order valence-corrected chi connectivity index (χ4v) is 4.53. The minimum absolute atomic E-state index is 0.779. The molecule has 0 spiro atoms. The lowest BCUT2D eigenvalue weighted by Crippen LogP contribution is -2.53. The highest BCUT2D eigenvalue weighted by Gasteiger charge is 2.27. The molecule has 0 aliphatic carbocycles. The molecule has 2 aliphatic rings. The Balaban J connectivity index is 1.25. The predicted octanol–water partition coefficient (Wildman–Crippen LogP) is 3.78. The maximum Gasteiger partial charge on any atom is 0.0396 e. The van der Waals surface area contributed by atoms with E-state index < -0.39 is 0 Å². The van der Waals surface area contributed by atoms with Gasteiger partial charge < -0.3 is 4.90 Å². The summed E-state index contributed by atoms with van der Waals surface area (Å²) in [6.07, 6.45) is 2.63. The van der Waals surface area contributed by atoms with Gasteiger partial charge >= 0.3 is 0 Å². The molecule has 0 radical (unpaired) electrons. The Hall–Kier alpha value is -1.84. The molecule has 2 aromatic carbocycles. The zero-order chi connectivity index (χ0) is 17.8. The summed E-state index contributed by atoms with van der Waals surface area (Å²) in [5.41, 5.74) is 4.26. The molecule has 2 heterocycles. The van der Waals surface area contributed by atoms with Crippen LogP contribution >= 0.6 is 0 Å². The Labute approximate surface area is 158 Å². The van der Waals surface area contributed by atoms with Gasteiger partial charge in [0, 0.05) is 44.5 Å². The minimum Gasteiger partial charge on any atom is -0.369 e. The number of para-hydroxylation sites is 1. The average Bonchev–Trinajstić information content (AvgIpc) is 2.70. The van der Waals surface area contributed by atoms with Crippen LogP contribution in [0.15, 0.2) is 54.6 Å². The summed E-state index contributed by atoms with van der Waals surface area (Å²) < 4.78 is 0. The summed E-state index contributed by atoms with van der Waals surface area (Å²) in [4.78, 5) is 7.93. The second-order valence-electron chi connectivity index (χ2n) is 7.80. The normalized spacial score (nSPS) is 20.4. The van der Waals surface area contributed by atoms with E-state index in [0.29, 0.717) is 0 Å². The maximum absolute atomic E-state index is 2.74. The first kappa shape index (κ1) is 17.6. The second-order valence-corrected chi connectivity index (χ2v) is 7.80. The molecule has 26 heavy (non-hydrogen) atoms. The van der Waals surface area contributed by atoms with Gasteiger partial charge in [0.15, 0.2) is 0 Å². The van der Waals surface area contributed by atoms with E-state index in [4.69, 9.17) is 0 Å². The molecule has 2 aromatic rings. The van der Waals surface area contributed by atoms with Crippen molar-refractivity contribution in [2.45, 2.75) is 32.4 Å². The highest BCUT2D eigenvalue weighted by Crippen LogP contribution is 2.24. The Morgan fingerprint density at radius 2 is 1.42 bits per heavy atom. The van der Waals surface area contributed by atoms with E-state index in [-0.39, 0.29) is 0 Å². The number of nitrogens with zero attached hydrogens (tertiary/aromatic N) is 3. The zero-order valence-electron chi connectivity index (χ0n) is 16.0. The van der Waals surface area contributed by atoms with Crippen LogP contribution in [0, 0.1) is 6.92 Å². The molecule has 4 rings (SSSR count). The predicted molar refractivity (Wildman–Crippen MR) is 110 cm³/mol. The van der Waals surface area contributed by atoms with Gasteiger partial charge in [-0.3, -0.25) is 9.80 Å². The number of benzene rings is 2. The van der Waals surface area contributed by atoms with Crippen LogP contribution in [0.5, 0.6) is 0 Å². The van der Waals surface area contributed by atoms with Crippen molar-refractivity contribution < 1.29 is 0 Å². The standard InChI is InChI=1S/C23H31N3/c1-20-7-5-6-10-23(20)26-17-15-25(16-18-26)22-11-13-24(14-12-22)19-21-8-3-2-4-9-21/h2-10,22H,11-19H2,1H3. The number of likely N-dealkylation sites (tertiary alicyclic amines) is 1. The van der Waals surface area contributed by atoms with Crippen molar-refractivity contribution in [2.24, 2.45) is 0 Å². The SMILES string of the molecule is Cc1ccccc1N1CCN(C2CCN(Cc3ccccc3)CC2)CC1. The number of aryl methyl sites for hydroxylation is 1. The lowest BCUT2D eigenvalue weighted by molar-refractivity contribution is 0.0998. The van der Waals surface area contributed by atoms with Crippen LogP contribution in [-0.4, -0.2) is 55.1 Å². The summed E-state index contributed by atoms with van der Waals surface area (Å²) >= 11 is 0. The molecule has 3 nitrogen and oxygen atoms in total. The number of hydrogen-bond acceptors (Lipinski definition) is 3. The first-order chi connectivity index (χ1) is 12.8. The van der Waals surface area contributed by atoms with Gasteiger partial charge in [0.25, 0.3) is 0 Å². The largest absolute Gasteiger partial charge is 0.369 e. The summed E-state index contributed by atoms with van der Waals surface area (Å²) in [5.74, 6) is 0. The van der Waals surface area contributed by atoms with Crippen molar-refractivity contribution in [1.29, 1.82) is 0 Å². The second kappa shape index (κ2) is 8.24. The van der Waals surface area contributed by atoms with E-state index in [1.165, 1.54) is 55.8 Å². The third-order valence-electron chi connectivity index (χ3n) is 6.09. The van der Waals surface area contributed by atoms with Crippen molar-refractivity contribution in [3.63, 3.8) is 0 Å². The third-order valence-corrected chi connectivity index (χ3v) is 6.09. The summed E-state index contributed by atoms with van der Waals surface area (Å²) in [6, 6.07) is 20.5. The van der Waals surface area contributed by atoms with E-state index in [9.17, 15) is 0 Å². The maximum atomic E-state index is 2.74. The lowest BCUT2D eigenvalue weighted by Gasteiger charge is -2.43. The van der Waals surface area contributed by atoms with Crippen LogP contribution < -0.4 is 4.90 Å². The number of hydrogen-bond donors (Lipinski definition) is 0. The molecule has 0 atom stereocenters. The molecule has 138 valence electrons. The van der Waals surface area contributed by atoms with Crippen molar-refractivity contribution in [3.05, 3.63) is 65.7 Å². The monoisotopic (exact) mass is 349 g/mol. The molecule has 0 saturated carbocycles. The van der Waals surface area contributed by atoms with Crippen LogP contribution in [0.3, 0.4) is 0 Å². The molecule has 0 aromatic heterocycles. The molecule has 0 bridgehead atoms. The van der Waals surface area contributed by atoms with Gasteiger partial charge in [-0.15, -0.1) is 0 Å². The van der Waals surface area contributed by atoms with Crippen molar-refractivity contribution >= 4 is 5.69 Å². The van der Waals surface area contributed by atoms with Gasteiger partial charge in [0.2, 0.25) is 0 Å². The minimum atomic E-state index is 0.779. The topological polar surface area (TPSA) is 9.72 Å². The van der Waals surface area contributed by atoms with Crippen LogP contribution in [0.25, 0.3) is 0 Å². The highest BCUT2D eigenvalue weighted by molar-refractivity contribution is 5.53. The van der Waals surface area contributed by atoms with Gasteiger partial charge in [-0.05, 0) is 50.0 Å². The van der Waals surface area contributed by atoms with E-state index in [1.807, 2.05) is 0 Å². The van der Waals surface area contributed by atoms with Crippen molar-refractivity contribution in [1.82, 2.24) is 9.80 Å². The zero-order valence-corrected chi connectivity index (χ0v) is 16.0. The molecular formula is C23H31N3. The van der Waals surface area contributed by atoms with Gasteiger partial charge in [-0.25, -0.2) is 0 Å². The summed E-state index contributed by atoms with van der Waals surface area (Å²) in [6.45, 7) is 10.5. The molecule has 0 unspecified atom stereocenters. The Morgan fingerprint density at radius 3 is 2.12 bits per heavy atom.